The van der Waals surface area contributed by atoms with Crippen molar-refractivity contribution in [1.29, 1.82) is 0 Å². The summed E-state index contributed by atoms with van der Waals surface area (Å²) in [6, 6.07) is 14.4. The van der Waals surface area contributed by atoms with E-state index in [1.165, 1.54) is 11.3 Å². The van der Waals surface area contributed by atoms with Crippen molar-refractivity contribution in [2.24, 2.45) is 5.73 Å². The first-order valence-electron chi connectivity index (χ1n) is 7.84. The minimum atomic E-state index is -0.385. The van der Waals surface area contributed by atoms with E-state index in [2.05, 4.69) is 4.98 Å². The molecule has 4 nitrogen and oxygen atoms in total. The second-order valence-corrected chi connectivity index (χ2v) is 7.31. The number of halogens is 2. The van der Waals surface area contributed by atoms with Crippen LogP contribution in [0.4, 0.5) is 0 Å². The van der Waals surface area contributed by atoms with Crippen LogP contribution in [-0.4, -0.2) is 22.5 Å². The predicted molar refractivity (Wildman–Crippen MR) is 116 cm³/mol. The molecule has 0 aliphatic heterocycles. The van der Waals surface area contributed by atoms with Crippen LogP contribution in [0.3, 0.4) is 0 Å². The van der Waals surface area contributed by atoms with Crippen LogP contribution >= 0.6 is 46.8 Å². The molecule has 0 radical (unpaired) electrons. The molecule has 0 spiro atoms. The molecule has 2 aromatic carbocycles. The minimum Gasteiger partial charge on any atom is -0.461 e. The third kappa shape index (κ3) is 6.59. The summed E-state index contributed by atoms with van der Waals surface area (Å²) in [6.07, 6.45) is 0. The van der Waals surface area contributed by atoms with Crippen LogP contribution in [-0.2, 0) is 4.74 Å². The maximum Gasteiger partial charge on any atom is 0.357 e. The summed E-state index contributed by atoms with van der Waals surface area (Å²) >= 11 is 17.6. The molecule has 0 atom stereocenters. The topological polar surface area (TPSA) is 65.2 Å². The first kappa shape index (κ1) is 21.3. The molecule has 0 saturated heterocycles. The number of ether oxygens (including phenoxy) is 1. The molecule has 0 aliphatic rings. The number of nitrogens with zero attached hydrogens (tertiary/aromatic N) is 1. The third-order valence-corrected chi connectivity index (χ3v) is 4.84. The second kappa shape index (κ2) is 10.4. The molecule has 0 fully saturated rings. The van der Waals surface area contributed by atoms with Crippen molar-refractivity contribution in [3.8, 4) is 10.6 Å². The molecule has 8 heteroatoms. The van der Waals surface area contributed by atoms with Gasteiger partial charge >= 0.3 is 5.97 Å². The predicted octanol–water partition coefficient (Wildman–Crippen LogP) is 5.61. The maximum absolute atomic E-state index is 11.4. The SMILES string of the molecule is CCOC(=O)c1csc(-c2ccc(Cl)cc2)n1.NC(=S)c1ccc(Cl)cc1. The lowest BCUT2D eigenvalue weighted by molar-refractivity contribution is 0.0520. The molecule has 0 aliphatic carbocycles. The van der Waals surface area contributed by atoms with Crippen LogP contribution in [0.1, 0.15) is 23.0 Å². The lowest BCUT2D eigenvalue weighted by Crippen LogP contribution is -2.08. The lowest BCUT2D eigenvalue weighted by atomic mass is 10.2. The number of nitrogens with two attached hydrogens (primary N) is 1. The van der Waals surface area contributed by atoms with Gasteiger partial charge in [0.2, 0.25) is 0 Å². The number of rotatable bonds is 4. The van der Waals surface area contributed by atoms with Gasteiger partial charge < -0.3 is 10.5 Å². The second-order valence-electron chi connectivity index (χ2n) is 5.14. The Labute approximate surface area is 176 Å². The summed E-state index contributed by atoms with van der Waals surface area (Å²) in [5.74, 6) is -0.385. The fourth-order valence-electron chi connectivity index (χ4n) is 1.91. The molecular formula is C19H16Cl2N2O2S2. The van der Waals surface area contributed by atoms with Crippen LogP contribution in [0.2, 0.25) is 10.0 Å². The molecular weight excluding hydrogens is 423 g/mol. The molecule has 3 aromatic rings. The molecule has 0 unspecified atom stereocenters. The first-order valence-corrected chi connectivity index (χ1v) is 9.89. The van der Waals surface area contributed by atoms with Gasteiger partial charge in [0.15, 0.2) is 5.69 Å². The number of thiazole rings is 1. The Morgan fingerprint density at radius 2 is 1.67 bits per heavy atom. The van der Waals surface area contributed by atoms with Gasteiger partial charge in [-0.3, -0.25) is 0 Å². The fourth-order valence-corrected chi connectivity index (χ4v) is 3.10. The van der Waals surface area contributed by atoms with Gasteiger partial charge in [-0.1, -0.05) is 59.7 Å². The molecule has 0 bridgehead atoms. The van der Waals surface area contributed by atoms with Gasteiger partial charge in [0.1, 0.15) is 10.00 Å². The number of hydrogen-bond donors (Lipinski definition) is 1. The van der Waals surface area contributed by atoms with E-state index in [4.69, 9.17) is 45.9 Å². The van der Waals surface area contributed by atoms with Crippen molar-refractivity contribution in [3.05, 3.63) is 75.2 Å². The molecule has 0 amide bonds. The molecule has 1 aromatic heterocycles. The standard InChI is InChI=1S/C12H10ClNO2S.C7H6ClNS/c1-2-16-12(15)10-7-17-11(14-10)8-3-5-9(13)6-4-8;8-6-3-1-5(2-4-6)7(9)10/h3-7H,2H2,1H3;1-4H,(H2,9,10). The fraction of sp³-hybridized carbons (Fsp3) is 0.105. The molecule has 1 heterocycles. The van der Waals surface area contributed by atoms with Gasteiger partial charge in [-0.05, 0) is 31.2 Å². The molecule has 3 rings (SSSR count). The number of thiocarbonyl (C=S) groups is 1. The highest BCUT2D eigenvalue weighted by molar-refractivity contribution is 7.80. The van der Waals surface area contributed by atoms with E-state index in [1.54, 1.807) is 48.7 Å². The van der Waals surface area contributed by atoms with E-state index in [0.717, 1.165) is 16.1 Å². The summed E-state index contributed by atoms with van der Waals surface area (Å²) in [7, 11) is 0. The Morgan fingerprint density at radius 1 is 1.11 bits per heavy atom. The third-order valence-electron chi connectivity index (χ3n) is 3.21. The van der Waals surface area contributed by atoms with E-state index >= 15 is 0 Å². The Bertz CT molecular complexity index is 910. The molecule has 0 saturated carbocycles. The van der Waals surface area contributed by atoms with E-state index in [9.17, 15) is 4.79 Å². The number of carbonyl (C=O) groups excluding carboxylic acids is 1. The Balaban J connectivity index is 0.000000223. The zero-order chi connectivity index (χ0) is 19.8. The van der Waals surface area contributed by atoms with Crippen LogP contribution in [0, 0.1) is 0 Å². The van der Waals surface area contributed by atoms with Crippen molar-refractivity contribution in [2.75, 3.05) is 6.61 Å². The smallest absolute Gasteiger partial charge is 0.357 e. The van der Waals surface area contributed by atoms with Gasteiger partial charge in [0, 0.05) is 26.6 Å². The van der Waals surface area contributed by atoms with Gasteiger partial charge in [-0.2, -0.15) is 0 Å². The van der Waals surface area contributed by atoms with Gasteiger partial charge in [0.05, 0.1) is 6.61 Å². The summed E-state index contributed by atoms with van der Waals surface area (Å²) in [4.78, 5) is 16.1. The first-order chi connectivity index (χ1) is 12.9. The van der Waals surface area contributed by atoms with Crippen LogP contribution in [0.15, 0.2) is 53.9 Å². The summed E-state index contributed by atoms with van der Waals surface area (Å²) in [5.41, 5.74) is 7.49. The van der Waals surface area contributed by atoms with Crippen LogP contribution in [0.25, 0.3) is 10.6 Å². The highest BCUT2D eigenvalue weighted by Crippen LogP contribution is 2.25. The monoisotopic (exact) mass is 438 g/mol. The van der Waals surface area contributed by atoms with Crippen molar-refractivity contribution < 1.29 is 9.53 Å². The number of aromatic nitrogens is 1. The zero-order valence-electron chi connectivity index (χ0n) is 14.3. The zero-order valence-corrected chi connectivity index (χ0v) is 17.5. The van der Waals surface area contributed by atoms with Crippen LogP contribution < -0.4 is 5.73 Å². The number of hydrogen-bond acceptors (Lipinski definition) is 5. The van der Waals surface area contributed by atoms with E-state index in [-0.39, 0.29) is 5.97 Å². The highest BCUT2D eigenvalue weighted by Gasteiger charge is 2.12. The van der Waals surface area contributed by atoms with E-state index < -0.39 is 0 Å². The Morgan fingerprint density at radius 3 is 2.19 bits per heavy atom. The van der Waals surface area contributed by atoms with E-state index in [0.29, 0.717) is 27.3 Å². The van der Waals surface area contributed by atoms with Gasteiger partial charge in [0.25, 0.3) is 0 Å². The van der Waals surface area contributed by atoms with Crippen LogP contribution in [0.5, 0.6) is 0 Å². The number of carbonyl (C=O) groups is 1. The quantitative estimate of drug-likeness (QED) is 0.423. The average Bonchev–Trinajstić information content (AvgIpc) is 3.14. The summed E-state index contributed by atoms with van der Waals surface area (Å²) in [5, 5.41) is 3.85. The number of benzene rings is 2. The molecule has 2 N–H and O–H groups in total. The van der Waals surface area contributed by atoms with Crippen molar-refractivity contribution >= 4 is 57.7 Å². The number of esters is 1. The van der Waals surface area contributed by atoms with E-state index in [1.807, 2.05) is 12.1 Å². The molecule has 27 heavy (non-hydrogen) atoms. The summed E-state index contributed by atoms with van der Waals surface area (Å²) < 4.78 is 4.88. The van der Waals surface area contributed by atoms with Gasteiger partial charge in [-0.15, -0.1) is 11.3 Å². The molecule has 140 valence electrons. The van der Waals surface area contributed by atoms with Crippen molar-refractivity contribution in [1.82, 2.24) is 4.98 Å². The Hall–Kier alpha value is -1.99. The van der Waals surface area contributed by atoms with Crippen molar-refractivity contribution in [2.45, 2.75) is 6.92 Å². The maximum atomic E-state index is 11.4. The lowest BCUT2D eigenvalue weighted by Gasteiger charge is -1.97. The average molecular weight is 439 g/mol. The summed E-state index contributed by atoms with van der Waals surface area (Å²) in [6.45, 7) is 2.12. The normalized spacial score (nSPS) is 9.89. The minimum absolute atomic E-state index is 0.349. The highest BCUT2D eigenvalue weighted by atomic mass is 35.5. The van der Waals surface area contributed by atoms with Gasteiger partial charge in [-0.25, -0.2) is 9.78 Å². The Kier molecular flexibility index (Phi) is 8.19. The van der Waals surface area contributed by atoms with Crippen molar-refractivity contribution in [3.63, 3.8) is 0 Å². The largest absolute Gasteiger partial charge is 0.461 e.